The monoisotopic (exact) mass is 213 g/mol. The molecule has 0 aliphatic heterocycles. The molecule has 0 saturated heterocycles. The molecule has 10 heavy (non-hydrogen) atoms. The maximum atomic E-state index is 5.70. The molecule has 4 heteroatoms. The fraction of sp³-hybridized carbons (Fsp3) is 0. The highest BCUT2D eigenvalue weighted by molar-refractivity contribution is 8.36. The van der Waals surface area contributed by atoms with Crippen LogP contribution in [0, 0.1) is 0 Å². The van der Waals surface area contributed by atoms with Gasteiger partial charge in [-0.3, -0.25) is 0 Å². The third kappa shape index (κ3) is 2.29. The van der Waals surface area contributed by atoms with Gasteiger partial charge in [0.15, 0.2) is 0 Å². The van der Waals surface area contributed by atoms with Gasteiger partial charge in [-0.05, 0) is 12.1 Å². The topological polar surface area (TPSA) is 0 Å². The third-order valence-corrected chi connectivity index (χ3v) is 3.69. The van der Waals surface area contributed by atoms with Crippen molar-refractivity contribution in [3.63, 3.8) is 0 Å². The molecule has 0 spiro atoms. The lowest BCUT2D eigenvalue weighted by molar-refractivity contribution is 1.78. The summed E-state index contributed by atoms with van der Waals surface area (Å²) in [4.78, 5) is 0. The summed E-state index contributed by atoms with van der Waals surface area (Å²) in [6, 6.07) is 9.25. The molecular formula is C6H5Cl3P+. The zero-order chi connectivity index (χ0) is 7.61. The summed E-state index contributed by atoms with van der Waals surface area (Å²) >= 11 is 17.1. The summed E-state index contributed by atoms with van der Waals surface area (Å²) in [6.07, 6.45) is 0. The number of halogens is 3. The standard InChI is InChI=1S/C6H5Cl3P/c7-10(8,9)6-4-2-1-3-5-6/h1-5H/q+1. The van der Waals surface area contributed by atoms with Crippen molar-refractivity contribution in [1.29, 1.82) is 0 Å². The first-order valence-corrected chi connectivity index (χ1v) is 7.15. The Morgan fingerprint density at radius 3 is 1.70 bits per heavy atom. The zero-order valence-corrected chi connectivity index (χ0v) is 8.13. The molecular weight excluding hydrogens is 209 g/mol. The van der Waals surface area contributed by atoms with Crippen LogP contribution in [0.1, 0.15) is 0 Å². The molecule has 0 N–H and O–H groups in total. The first kappa shape index (κ1) is 8.62. The van der Waals surface area contributed by atoms with Crippen LogP contribution >= 0.6 is 39.0 Å². The van der Waals surface area contributed by atoms with Gasteiger partial charge in [0.1, 0.15) is 39.0 Å². The van der Waals surface area contributed by atoms with Crippen LogP contribution in [-0.2, 0) is 0 Å². The first-order valence-electron chi connectivity index (χ1n) is 2.64. The molecule has 0 amide bonds. The van der Waals surface area contributed by atoms with Gasteiger partial charge in [0.2, 0.25) is 0 Å². The van der Waals surface area contributed by atoms with Crippen LogP contribution in [0.3, 0.4) is 0 Å². The molecule has 0 heterocycles. The molecule has 0 saturated carbocycles. The second-order valence-corrected chi connectivity index (χ2v) is 9.31. The lowest BCUT2D eigenvalue weighted by Crippen LogP contribution is -1.95. The maximum Gasteiger partial charge on any atom is 0.339 e. The summed E-state index contributed by atoms with van der Waals surface area (Å²) in [5.41, 5.74) is 0. The fourth-order valence-corrected chi connectivity index (χ4v) is 2.12. The average molecular weight is 214 g/mol. The van der Waals surface area contributed by atoms with E-state index in [0.717, 1.165) is 5.30 Å². The van der Waals surface area contributed by atoms with Crippen LogP contribution in [-0.4, -0.2) is 0 Å². The third-order valence-electron chi connectivity index (χ3n) is 1.05. The van der Waals surface area contributed by atoms with Gasteiger partial charge in [0.25, 0.3) is 0 Å². The minimum atomic E-state index is -2.35. The number of hydrogen-bond donors (Lipinski definition) is 0. The summed E-state index contributed by atoms with van der Waals surface area (Å²) in [5.74, 6) is 0. The van der Waals surface area contributed by atoms with E-state index in [1.807, 2.05) is 30.3 Å². The predicted molar refractivity (Wildman–Crippen MR) is 50.6 cm³/mol. The van der Waals surface area contributed by atoms with Crippen molar-refractivity contribution in [2.24, 2.45) is 0 Å². The van der Waals surface area contributed by atoms with Gasteiger partial charge < -0.3 is 0 Å². The van der Waals surface area contributed by atoms with Gasteiger partial charge in [-0.15, -0.1) is 0 Å². The van der Waals surface area contributed by atoms with Crippen LogP contribution < -0.4 is 5.30 Å². The number of hydrogen-bond acceptors (Lipinski definition) is 0. The molecule has 0 radical (unpaired) electrons. The van der Waals surface area contributed by atoms with Gasteiger partial charge in [-0.2, -0.15) is 0 Å². The summed E-state index contributed by atoms with van der Waals surface area (Å²) in [6.45, 7) is 0. The molecule has 0 unspecified atom stereocenters. The van der Waals surface area contributed by atoms with Crippen molar-refractivity contribution >= 4 is 44.3 Å². The summed E-state index contributed by atoms with van der Waals surface area (Å²) < 4.78 is 0. The molecule has 1 aromatic carbocycles. The molecule has 0 aliphatic carbocycles. The Morgan fingerprint density at radius 1 is 0.900 bits per heavy atom. The van der Waals surface area contributed by atoms with Gasteiger partial charge in [-0.1, -0.05) is 18.2 Å². The Labute approximate surface area is 74.8 Å². The van der Waals surface area contributed by atoms with Crippen molar-refractivity contribution in [3.8, 4) is 0 Å². The van der Waals surface area contributed by atoms with E-state index in [-0.39, 0.29) is 0 Å². The summed E-state index contributed by atoms with van der Waals surface area (Å²) in [7, 11) is 0. The first-order chi connectivity index (χ1) is 4.61. The van der Waals surface area contributed by atoms with Crippen molar-refractivity contribution in [2.45, 2.75) is 0 Å². The molecule has 1 aromatic rings. The van der Waals surface area contributed by atoms with Gasteiger partial charge in [0, 0.05) is 0 Å². The molecule has 0 atom stereocenters. The van der Waals surface area contributed by atoms with Crippen molar-refractivity contribution < 1.29 is 0 Å². The van der Waals surface area contributed by atoms with Crippen LogP contribution in [0.4, 0.5) is 0 Å². The predicted octanol–water partition coefficient (Wildman–Crippen LogP) is 3.79. The van der Waals surface area contributed by atoms with Crippen LogP contribution in [0.25, 0.3) is 0 Å². The normalized spacial score (nSPS) is 11.5. The van der Waals surface area contributed by atoms with Gasteiger partial charge in [0.05, 0.1) is 0 Å². The van der Waals surface area contributed by atoms with Crippen molar-refractivity contribution in [3.05, 3.63) is 30.3 Å². The van der Waals surface area contributed by atoms with E-state index in [0.29, 0.717) is 0 Å². The lowest BCUT2D eigenvalue weighted by atomic mass is 10.4. The molecule has 0 bridgehead atoms. The maximum absolute atomic E-state index is 5.70. The average Bonchev–Trinajstić information content (AvgIpc) is 1.88. The Bertz CT molecular complexity index is 204. The SMILES string of the molecule is Cl[P+](Cl)(Cl)c1ccccc1. The Balaban J connectivity index is 2.97. The summed E-state index contributed by atoms with van der Waals surface area (Å²) in [5, 5.41) is -1.55. The van der Waals surface area contributed by atoms with Crippen LogP contribution in [0.15, 0.2) is 30.3 Å². The van der Waals surface area contributed by atoms with E-state index in [1.165, 1.54) is 0 Å². The molecule has 54 valence electrons. The Hall–Kier alpha value is 0.520. The minimum Gasteiger partial charge on any atom is -0.0620 e. The lowest BCUT2D eigenvalue weighted by Gasteiger charge is -1.96. The van der Waals surface area contributed by atoms with Crippen molar-refractivity contribution in [2.75, 3.05) is 0 Å². The highest BCUT2D eigenvalue weighted by Crippen LogP contribution is 2.72. The van der Waals surface area contributed by atoms with E-state index in [9.17, 15) is 0 Å². The van der Waals surface area contributed by atoms with E-state index < -0.39 is 5.32 Å². The molecule has 0 aliphatic rings. The highest BCUT2D eigenvalue weighted by atomic mass is 36.1. The van der Waals surface area contributed by atoms with E-state index in [4.69, 9.17) is 33.7 Å². The molecule has 0 fully saturated rings. The molecule has 0 nitrogen and oxygen atoms in total. The van der Waals surface area contributed by atoms with Crippen LogP contribution in [0.2, 0.25) is 0 Å². The highest BCUT2D eigenvalue weighted by Gasteiger charge is 2.35. The second-order valence-electron chi connectivity index (χ2n) is 1.78. The van der Waals surface area contributed by atoms with Crippen molar-refractivity contribution in [1.82, 2.24) is 0 Å². The van der Waals surface area contributed by atoms with Crippen LogP contribution in [0.5, 0.6) is 0 Å². The molecule has 0 aromatic heterocycles. The fourth-order valence-electron chi connectivity index (χ4n) is 0.597. The Kier molecular flexibility index (Phi) is 2.82. The van der Waals surface area contributed by atoms with E-state index in [1.54, 1.807) is 0 Å². The zero-order valence-electron chi connectivity index (χ0n) is 4.97. The smallest absolute Gasteiger partial charge is 0.0620 e. The number of benzene rings is 1. The largest absolute Gasteiger partial charge is 0.339 e. The minimum absolute atomic E-state index is 0.806. The second kappa shape index (κ2) is 3.28. The van der Waals surface area contributed by atoms with E-state index >= 15 is 0 Å². The molecule has 1 rings (SSSR count). The van der Waals surface area contributed by atoms with Gasteiger partial charge >= 0.3 is 5.32 Å². The Morgan fingerprint density at radius 2 is 1.40 bits per heavy atom. The quantitative estimate of drug-likeness (QED) is 0.624. The van der Waals surface area contributed by atoms with E-state index in [2.05, 4.69) is 0 Å². The number of rotatable bonds is 1. The van der Waals surface area contributed by atoms with Gasteiger partial charge in [-0.25, -0.2) is 0 Å².